The summed E-state index contributed by atoms with van der Waals surface area (Å²) in [4.78, 5) is 12.4. The number of aryl methyl sites for hydroxylation is 2. The van der Waals surface area contributed by atoms with Crippen molar-refractivity contribution in [1.82, 2.24) is 14.1 Å². The summed E-state index contributed by atoms with van der Waals surface area (Å²) < 4.78 is 29.3. The highest BCUT2D eigenvalue weighted by atomic mass is 32.2. The third kappa shape index (κ3) is 6.30. The van der Waals surface area contributed by atoms with E-state index in [1.54, 1.807) is 24.3 Å². The molecule has 0 spiro atoms. The van der Waals surface area contributed by atoms with E-state index >= 15 is 0 Å². The summed E-state index contributed by atoms with van der Waals surface area (Å²) in [6, 6.07) is 14.8. The van der Waals surface area contributed by atoms with Crippen LogP contribution in [0, 0.1) is 20.8 Å². The number of hydrogen-bond acceptors (Lipinski definition) is 4. The van der Waals surface area contributed by atoms with Gasteiger partial charge in [-0.05, 0) is 75.4 Å². The summed E-state index contributed by atoms with van der Waals surface area (Å²) in [5, 5.41) is 4.70. The number of hydrogen-bond donors (Lipinski definition) is 1. The number of unbranched alkanes of at least 4 members (excludes halogenated alkanes) is 1. The van der Waals surface area contributed by atoms with Crippen LogP contribution in [0.1, 0.15) is 47.8 Å². The van der Waals surface area contributed by atoms with Crippen molar-refractivity contribution in [3.8, 4) is 11.4 Å². The number of rotatable bonds is 9. The third-order valence-corrected chi connectivity index (χ3v) is 6.33. The SMILES string of the molecule is CCCCc1c(C)nn(-c2ccc(CCN(C(=O)Oc3ccc(C)cc3)S(=O)O)cc2)c1C. The van der Waals surface area contributed by atoms with Crippen molar-refractivity contribution in [1.29, 1.82) is 0 Å². The maximum Gasteiger partial charge on any atom is 0.428 e. The predicted octanol–water partition coefficient (Wildman–Crippen LogP) is 5.32. The molecule has 0 aliphatic rings. The molecule has 176 valence electrons. The first kappa shape index (κ1) is 24.7. The highest BCUT2D eigenvalue weighted by Gasteiger charge is 2.21. The number of carbonyl (C=O) groups is 1. The van der Waals surface area contributed by atoms with Crippen molar-refractivity contribution in [3.63, 3.8) is 0 Å². The Morgan fingerprint density at radius 2 is 1.73 bits per heavy atom. The molecule has 3 rings (SSSR count). The second-order valence-electron chi connectivity index (χ2n) is 8.10. The van der Waals surface area contributed by atoms with Gasteiger partial charge in [0.2, 0.25) is 0 Å². The molecule has 0 aliphatic heterocycles. The average molecular weight is 470 g/mol. The van der Waals surface area contributed by atoms with Crippen LogP contribution in [0.5, 0.6) is 5.75 Å². The lowest BCUT2D eigenvalue weighted by Gasteiger charge is -2.17. The average Bonchev–Trinajstić information content (AvgIpc) is 3.07. The Morgan fingerprint density at radius 3 is 2.33 bits per heavy atom. The zero-order valence-corrected chi connectivity index (χ0v) is 20.4. The topological polar surface area (TPSA) is 84.7 Å². The highest BCUT2D eigenvalue weighted by molar-refractivity contribution is 7.77. The number of amides is 1. The predicted molar refractivity (Wildman–Crippen MR) is 130 cm³/mol. The normalized spacial score (nSPS) is 11.9. The maximum atomic E-state index is 12.4. The molecule has 33 heavy (non-hydrogen) atoms. The van der Waals surface area contributed by atoms with E-state index in [2.05, 4.69) is 13.8 Å². The molecule has 1 amide bonds. The molecule has 3 aromatic rings. The zero-order valence-electron chi connectivity index (χ0n) is 19.6. The van der Waals surface area contributed by atoms with Gasteiger partial charge in [-0.2, -0.15) is 5.10 Å². The lowest BCUT2D eigenvalue weighted by molar-refractivity contribution is 0.178. The highest BCUT2D eigenvalue weighted by Crippen LogP contribution is 2.21. The van der Waals surface area contributed by atoms with Gasteiger partial charge in [0.1, 0.15) is 5.75 Å². The molecule has 1 aromatic heterocycles. The summed E-state index contributed by atoms with van der Waals surface area (Å²) in [6.45, 7) is 8.29. The van der Waals surface area contributed by atoms with Gasteiger partial charge in [-0.15, -0.1) is 0 Å². The minimum Gasteiger partial charge on any atom is -0.410 e. The molecule has 1 atom stereocenters. The molecular weight excluding hydrogens is 438 g/mol. The van der Waals surface area contributed by atoms with E-state index < -0.39 is 17.4 Å². The molecule has 0 bridgehead atoms. The summed E-state index contributed by atoms with van der Waals surface area (Å²) >= 11 is -2.48. The molecule has 0 fully saturated rings. The smallest absolute Gasteiger partial charge is 0.410 e. The molecule has 2 aromatic carbocycles. The first-order valence-electron chi connectivity index (χ1n) is 11.1. The Hall–Kier alpha value is -2.97. The van der Waals surface area contributed by atoms with Crippen molar-refractivity contribution in [2.75, 3.05) is 6.54 Å². The monoisotopic (exact) mass is 469 g/mol. The molecule has 0 radical (unpaired) electrons. The van der Waals surface area contributed by atoms with Crippen LogP contribution in [0.15, 0.2) is 48.5 Å². The number of carbonyl (C=O) groups excluding carboxylic acids is 1. The van der Waals surface area contributed by atoms with Crippen molar-refractivity contribution in [2.24, 2.45) is 0 Å². The Bertz CT molecular complexity index is 1110. The minimum atomic E-state index is -2.48. The van der Waals surface area contributed by atoms with Crippen LogP contribution in [0.25, 0.3) is 5.69 Å². The van der Waals surface area contributed by atoms with Gasteiger partial charge in [0.15, 0.2) is 0 Å². The zero-order chi connectivity index (χ0) is 24.0. The fraction of sp³-hybridized carbons (Fsp3) is 0.360. The van der Waals surface area contributed by atoms with Crippen LogP contribution in [0.2, 0.25) is 0 Å². The van der Waals surface area contributed by atoms with Gasteiger partial charge in [0, 0.05) is 12.2 Å². The number of aromatic nitrogens is 2. The van der Waals surface area contributed by atoms with Crippen molar-refractivity contribution in [2.45, 2.75) is 53.4 Å². The lowest BCUT2D eigenvalue weighted by Crippen LogP contribution is -2.36. The van der Waals surface area contributed by atoms with Crippen molar-refractivity contribution in [3.05, 3.63) is 76.6 Å². The van der Waals surface area contributed by atoms with E-state index in [-0.39, 0.29) is 6.54 Å². The van der Waals surface area contributed by atoms with E-state index in [0.717, 1.165) is 51.8 Å². The molecule has 0 aliphatic carbocycles. The lowest BCUT2D eigenvalue weighted by atomic mass is 10.1. The van der Waals surface area contributed by atoms with Gasteiger partial charge in [-0.3, -0.25) is 4.55 Å². The van der Waals surface area contributed by atoms with Crippen molar-refractivity contribution < 1.29 is 18.3 Å². The molecule has 8 heteroatoms. The van der Waals surface area contributed by atoms with E-state index in [9.17, 15) is 13.6 Å². The van der Waals surface area contributed by atoms with Crippen LogP contribution in [-0.2, 0) is 24.1 Å². The molecule has 0 saturated heterocycles. The molecular formula is C25H31N3O4S. The summed E-state index contributed by atoms with van der Waals surface area (Å²) in [5.41, 5.74) is 6.42. The van der Waals surface area contributed by atoms with E-state index in [1.165, 1.54) is 5.56 Å². The van der Waals surface area contributed by atoms with E-state index in [0.29, 0.717) is 12.2 Å². The second kappa shape index (κ2) is 11.2. The van der Waals surface area contributed by atoms with Gasteiger partial charge in [0.25, 0.3) is 11.3 Å². The fourth-order valence-electron chi connectivity index (χ4n) is 3.67. The first-order chi connectivity index (χ1) is 15.8. The first-order valence-corrected chi connectivity index (χ1v) is 12.2. The van der Waals surface area contributed by atoms with Gasteiger partial charge >= 0.3 is 6.09 Å². The standard InChI is InChI=1S/C25H31N3O4S/c1-5-6-7-24-19(3)26-28(20(24)4)22-12-10-21(11-13-22)16-17-27(33(30)31)25(29)32-23-14-8-18(2)9-15-23/h8-15H,5-7,16-17H2,1-4H3,(H,30,31). The molecule has 1 N–H and O–H groups in total. The van der Waals surface area contributed by atoms with Gasteiger partial charge in [0.05, 0.1) is 11.4 Å². The number of ether oxygens (including phenoxy) is 1. The largest absolute Gasteiger partial charge is 0.428 e. The fourth-order valence-corrected chi connectivity index (χ4v) is 4.08. The quantitative estimate of drug-likeness (QED) is 0.429. The van der Waals surface area contributed by atoms with Crippen LogP contribution < -0.4 is 4.74 Å². The van der Waals surface area contributed by atoms with Gasteiger partial charge < -0.3 is 4.74 Å². The maximum absolute atomic E-state index is 12.4. The number of benzene rings is 2. The summed E-state index contributed by atoms with van der Waals surface area (Å²) in [7, 11) is 0. The Kier molecular flexibility index (Phi) is 8.41. The Morgan fingerprint density at radius 1 is 1.06 bits per heavy atom. The summed E-state index contributed by atoms with van der Waals surface area (Å²) in [5.74, 6) is 0.327. The Balaban J connectivity index is 1.65. The van der Waals surface area contributed by atoms with Crippen LogP contribution in [0.3, 0.4) is 0 Å². The third-order valence-electron chi connectivity index (χ3n) is 5.62. The number of nitrogens with zero attached hydrogens (tertiary/aromatic N) is 3. The van der Waals surface area contributed by atoms with Crippen LogP contribution in [0.4, 0.5) is 4.79 Å². The minimum absolute atomic E-state index is 0.0498. The van der Waals surface area contributed by atoms with Gasteiger partial charge in [-0.25, -0.2) is 18.0 Å². The molecule has 1 heterocycles. The van der Waals surface area contributed by atoms with Crippen LogP contribution in [-0.4, -0.2) is 35.5 Å². The molecule has 0 saturated carbocycles. The van der Waals surface area contributed by atoms with Crippen LogP contribution >= 0.6 is 0 Å². The summed E-state index contributed by atoms with van der Waals surface area (Å²) in [6.07, 6.45) is 2.86. The Labute approximate surface area is 197 Å². The van der Waals surface area contributed by atoms with E-state index in [4.69, 9.17) is 9.84 Å². The van der Waals surface area contributed by atoms with E-state index in [1.807, 2.05) is 42.8 Å². The van der Waals surface area contributed by atoms with Gasteiger partial charge in [-0.1, -0.05) is 43.2 Å². The molecule has 1 unspecified atom stereocenters. The second-order valence-corrected chi connectivity index (χ2v) is 9.00. The van der Waals surface area contributed by atoms with Crippen molar-refractivity contribution >= 4 is 17.4 Å². The molecule has 7 nitrogen and oxygen atoms in total.